The van der Waals surface area contributed by atoms with Crippen LogP contribution in [0, 0.1) is 5.92 Å². The number of nitrogens with one attached hydrogen (secondary N) is 1. The molecule has 11 heavy (non-hydrogen) atoms. The molecule has 0 unspecified atom stereocenters. The molecule has 0 aromatic rings. The fraction of sp³-hybridized carbons (Fsp3) is 1.00. The van der Waals surface area contributed by atoms with Crippen molar-refractivity contribution >= 4 is 0 Å². The van der Waals surface area contributed by atoms with Crippen molar-refractivity contribution in [2.24, 2.45) is 5.92 Å². The quantitative estimate of drug-likeness (QED) is 0.637. The van der Waals surface area contributed by atoms with Gasteiger partial charge >= 0.3 is 0 Å². The van der Waals surface area contributed by atoms with Crippen LogP contribution in [0.4, 0.5) is 0 Å². The molecule has 1 saturated heterocycles. The third-order valence-corrected chi connectivity index (χ3v) is 2.39. The summed E-state index contributed by atoms with van der Waals surface area (Å²) >= 11 is 0. The van der Waals surface area contributed by atoms with Crippen LogP contribution in [0.2, 0.25) is 0 Å². The molecule has 1 aliphatic heterocycles. The zero-order valence-electron chi connectivity index (χ0n) is 7.77. The zero-order valence-corrected chi connectivity index (χ0v) is 7.77. The van der Waals surface area contributed by atoms with Crippen molar-refractivity contribution < 1.29 is 0 Å². The monoisotopic (exact) mass is 156 g/mol. The van der Waals surface area contributed by atoms with Crippen LogP contribution in [0.5, 0.6) is 0 Å². The SMILES string of the molecule is CCCN(C)CCC1CNC1. The van der Waals surface area contributed by atoms with Gasteiger partial charge in [0.25, 0.3) is 0 Å². The van der Waals surface area contributed by atoms with Gasteiger partial charge in [0.1, 0.15) is 0 Å². The maximum Gasteiger partial charge on any atom is -0.000778 e. The van der Waals surface area contributed by atoms with Crippen molar-refractivity contribution in [2.75, 3.05) is 33.2 Å². The van der Waals surface area contributed by atoms with Gasteiger partial charge in [-0.3, -0.25) is 0 Å². The number of rotatable bonds is 5. The van der Waals surface area contributed by atoms with E-state index in [4.69, 9.17) is 0 Å². The highest BCUT2D eigenvalue weighted by molar-refractivity contribution is 4.75. The molecule has 0 spiro atoms. The lowest BCUT2D eigenvalue weighted by Gasteiger charge is -2.28. The van der Waals surface area contributed by atoms with E-state index in [-0.39, 0.29) is 0 Å². The van der Waals surface area contributed by atoms with Crippen LogP contribution in [-0.4, -0.2) is 38.1 Å². The van der Waals surface area contributed by atoms with Crippen LogP contribution in [0.1, 0.15) is 19.8 Å². The molecule has 1 N–H and O–H groups in total. The maximum atomic E-state index is 3.30. The largest absolute Gasteiger partial charge is 0.316 e. The summed E-state index contributed by atoms with van der Waals surface area (Å²) in [7, 11) is 2.22. The summed E-state index contributed by atoms with van der Waals surface area (Å²) in [4.78, 5) is 2.43. The second kappa shape index (κ2) is 4.73. The van der Waals surface area contributed by atoms with Gasteiger partial charge in [-0.05, 0) is 52.0 Å². The molecule has 0 aromatic carbocycles. The number of hydrogen-bond acceptors (Lipinski definition) is 2. The summed E-state index contributed by atoms with van der Waals surface area (Å²) < 4.78 is 0. The molecule has 1 aliphatic rings. The van der Waals surface area contributed by atoms with Crippen molar-refractivity contribution in [1.82, 2.24) is 10.2 Å². The Balaban J connectivity index is 1.92. The summed E-state index contributed by atoms with van der Waals surface area (Å²) in [6.45, 7) is 7.27. The molecule has 1 fully saturated rings. The summed E-state index contributed by atoms with van der Waals surface area (Å²) in [5.74, 6) is 0.967. The normalized spacial score (nSPS) is 18.8. The van der Waals surface area contributed by atoms with Crippen molar-refractivity contribution in [3.05, 3.63) is 0 Å². The third-order valence-electron chi connectivity index (χ3n) is 2.39. The Morgan fingerprint density at radius 2 is 2.09 bits per heavy atom. The second-order valence-electron chi connectivity index (χ2n) is 3.62. The lowest BCUT2D eigenvalue weighted by molar-refractivity contribution is 0.257. The topological polar surface area (TPSA) is 15.3 Å². The van der Waals surface area contributed by atoms with Gasteiger partial charge in [-0.2, -0.15) is 0 Å². The first-order valence-corrected chi connectivity index (χ1v) is 4.72. The Labute approximate surface area is 70.0 Å². The first-order valence-electron chi connectivity index (χ1n) is 4.72. The molecular formula is C9H20N2. The summed E-state index contributed by atoms with van der Waals surface area (Å²) in [5.41, 5.74) is 0. The van der Waals surface area contributed by atoms with Gasteiger partial charge in [-0.15, -0.1) is 0 Å². The summed E-state index contributed by atoms with van der Waals surface area (Å²) in [6.07, 6.45) is 2.66. The van der Waals surface area contributed by atoms with Gasteiger partial charge in [-0.1, -0.05) is 6.92 Å². The Morgan fingerprint density at radius 3 is 2.55 bits per heavy atom. The maximum absolute atomic E-state index is 3.30. The molecule has 0 radical (unpaired) electrons. The fourth-order valence-electron chi connectivity index (χ4n) is 1.45. The van der Waals surface area contributed by atoms with E-state index in [0.29, 0.717) is 0 Å². The zero-order chi connectivity index (χ0) is 8.10. The van der Waals surface area contributed by atoms with Crippen molar-refractivity contribution in [3.8, 4) is 0 Å². The van der Waals surface area contributed by atoms with Gasteiger partial charge in [0, 0.05) is 0 Å². The van der Waals surface area contributed by atoms with E-state index in [9.17, 15) is 0 Å². The molecule has 0 aromatic heterocycles. The van der Waals surface area contributed by atoms with Gasteiger partial charge in [0.2, 0.25) is 0 Å². The van der Waals surface area contributed by atoms with Gasteiger partial charge in [-0.25, -0.2) is 0 Å². The summed E-state index contributed by atoms with van der Waals surface area (Å²) in [5, 5.41) is 3.30. The van der Waals surface area contributed by atoms with E-state index in [2.05, 4.69) is 24.2 Å². The van der Waals surface area contributed by atoms with Gasteiger partial charge < -0.3 is 10.2 Å². The van der Waals surface area contributed by atoms with E-state index in [1.165, 1.54) is 39.0 Å². The van der Waals surface area contributed by atoms with Crippen LogP contribution < -0.4 is 5.32 Å². The minimum absolute atomic E-state index is 0.967. The molecule has 0 aliphatic carbocycles. The van der Waals surface area contributed by atoms with E-state index in [1.807, 2.05) is 0 Å². The summed E-state index contributed by atoms with van der Waals surface area (Å²) in [6, 6.07) is 0. The molecule has 0 bridgehead atoms. The van der Waals surface area contributed by atoms with E-state index < -0.39 is 0 Å². The molecule has 1 rings (SSSR count). The van der Waals surface area contributed by atoms with Crippen molar-refractivity contribution in [2.45, 2.75) is 19.8 Å². The molecule has 0 amide bonds. The second-order valence-corrected chi connectivity index (χ2v) is 3.62. The molecule has 2 heteroatoms. The lowest BCUT2D eigenvalue weighted by Crippen LogP contribution is -2.43. The number of nitrogens with zero attached hydrogens (tertiary/aromatic N) is 1. The van der Waals surface area contributed by atoms with Gasteiger partial charge in [0.05, 0.1) is 0 Å². The van der Waals surface area contributed by atoms with Crippen molar-refractivity contribution in [3.63, 3.8) is 0 Å². The average Bonchev–Trinajstić information content (AvgIpc) is 1.85. The van der Waals surface area contributed by atoms with E-state index in [1.54, 1.807) is 0 Å². The molecule has 2 nitrogen and oxygen atoms in total. The highest BCUT2D eigenvalue weighted by Crippen LogP contribution is 2.08. The van der Waals surface area contributed by atoms with Crippen LogP contribution in [0.15, 0.2) is 0 Å². The Kier molecular flexibility index (Phi) is 3.87. The third kappa shape index (κ3) is 3.21. The van der Waals surface area contributed by atoms with Crippen LogP contribution in [0.25, 0.3) is 0 Å². The Bertz CT molecular complexity index is 99.7. The highest BCUT2D eigenvalue weighted by atomic mass is 15.1. The first kappa shape index (κ1) is 9.01. The first-order chi connectivity index (χ1) is 5.33. The molecule has 0 saturated carbocycles. The van der Waals surface area contributed by atoms with Gasteiger partial charge in [0.15, 0.2) is 0 Å². The fourth-order valence-corrected chi connectivity index (χ4v) is 1.45. The minimum atomic E-state index is 0.967. The molecule has 66 valence electrons. The molecule has 1 heterocycles. The van der Waals surface area contributed by atoms with Crippen LogP contribution in [-0.2, 0) is 0 Å². The number of hydrogen-bond donors (Lipinski definition) is 1. The molecule has 0 atom stereocenters. The average molecular weight is 156 g/mol. The smallest absolute Gasteiger partial charge is 0.000778 e. The van der Waals surface area contributed by atoms with E-state index in [0.717, 1.165) is 5.92 Å². The van der Waals surface area contributed by atoms with Crippen molar-refractivity contribution in [1.29, 1.82) is 0 Å². The lowest BCUT2D eigenvalue weighted by atomic mass is 9.99. The Morgan fingerprint density at radius 1 is 1.36 bits per heavy atom. The predicted molar refractivity (Wildman–Crippen MR) is 48.8 cm³/mol. The predicted octanol–water partition coefficient (Wildman–Crippen LogP) is 0.938. The highest BCUT2D eigenvalue weighted by Gasteiger charge is 2.16. The van der Waals surface area contributed by atoms with Crippen LogP contribution >= 0.6 is 0 Å². The van der Waals surface area contributed by atoms with E-state index >= 15 is 0 Å². The van der Waals surface area contributed by atoms with Crippen LogP contribution in [0.3, 0.4) is 0 Å². The minimum Gasteiger partial charge on any atom is -0.316 e. The standard InChI is InChI=1S/C9H20N2/c1-3-5-11(2)6-4-9-7-10-8-9/h9-10H,3-8H2,1-2H3. The molecular weight excluding hydrogens is 136 g/mol. The Hall–Kier alpha value is -0.0800.